The zero-order valence-corrected chi connectivity index (χ0v) is 31.2. The monoisotopic (exact) mass is 716 g/mol. The van der Waals surface area contributed by atoms with Gasteiger partial charge in [-0.1, -0.05) is 99.5 Å². The van der Waals surface area contributed by atoms with Crippen LogP contribution < -0.4 is 0 Å². The molecule has 0 radical (unpaired) electrons. The van der Waals surface area contributed by atoms with Crippen molar-refractivity contribution in [3.05, 3.63) is 17.9 Å². The molecule has 0 bridgehead atoms. The summed E-state index contributed by atoms with van der Waals surface area (Å²) in [6.45, 7) is 7.33. The first-order valence-electron chi connectivity index (χ1n) is 17.3. The molecular weight excluding hydrogens is 654 g/mol. The Labute approximate surface area is 268 Å². The van der Waals surface area contributed by atoms with Gasteiger partial charge in [0, 0.05) is 0 Å². The number of hydrogen-bond acceptors (Lipinski definition) is 0. The summed E-state index contributed by atoms with van der Waals surface area (Å²) in [4.78, 5) is 0. The van der Waals surface area contributed by atoms with Gasteiger partial charge in [0.15, 0.2) is 0 Å². The van der Waals surface area contributed by atoms with Gasteiger partial charge in [-0.2, -0.15) is 0 Å². The van der Waals surface area contributed by atoms with Crippen molar-refractivity contribution in [3.8, 4) is 0 Å². The van der Waals surface area contributed by atoms with E-state index in [0.29, 0.717) is 15.8 Å². The van der Waals surface area contributed by atoms with Crippen LogP contribution in [-0.4, -0.2) is 34.0 Å². The summed E-state index contributed by atoms with van der Waals surface area (Å²) >= 11 is -0.346. The predicted octanol–water partition coefficient (Wildman–Crippen LogP) is 13.7. The van der Waals surface area contributed by atoms with Crippen molar-refractivity contribution in [3.63, 3.8) is 0 Å². The third-order valence-electron chi connectivity index (χ3n) is 10.8. The summed E-state index contributed by atoms with van der Waals surface area (Å²) in [5, 5.41) is 0. The van der Waals surface area contributed by atoms with Crippen LogP contribution >= 0.6 is 35.2 Å². The van der Waals surface area contributed by atoms with Gasteiger partial charge < -0.3 is 0 Å². The van der Waals surface area contributed by atoms with Crippen LogP contribution in [0.2, 0.25) is 0 Å². The Balaban J connectivity index is 0.000000175. The van der Waals surface area contributed by atoms with Crippen molar-refractivity contribution in [1.29, 1.82) is 0 Å². The number of halogens is 2. The molecule has 0 saturated heterocycles. The normalized spacial score (nSPS) is 25.1. The van der Waals surface area contributed by atoms with Crippen LogP contribution in [0.25, 0.3) is 0 Å². The fraction of sp³-hybridized carbons (Fsp3) is 0.914. The van der Waals surface area contributed by atoms with Gasteiger partial charge in [0.1, 0.15) is 0 Å². The maximum absolute atomic E-state index is 4.85. The number of rotatable bonds is 6. The third-order valence-corrected chi connectivity index (χ3v) is 19.0. The minimum atomic E-state index is -0.346. The Morgan fingerprint density at radius 2 is 0.600 bits per heavy atom. The van der Waals surface area contributed by atoms with Crippen LogP contribution in [0.4, 0.5) is 0 Å². The molecule has 5 heteroatoms. The number of hydrogen-bond donors (Lipinski definition) is 0. The second-order valence-electron chi connectivity index (χ2n) is 13.8. The Hall–Kier alpha value is 1.58. The molecule has 0 aromatic rings. The second kappa shape index (κ2) is 21.3. The van der Waals surface area contributed by atoms with E-state index in [2.05, 4.69) is 12.3 Å². The molecule has 0 heterocycles. The quantitative estimate of drug-likeness (QED) is 0.146. The minimum absolute atomic E-state index is 0.346. The summed E-state index contributed by atoms with van der Waals surface area (Å²) in [7, 11) is 10.6. The predicted molar refractivity (Wildman–Crippen MR) is 183 cm³/mol. The van der Waals surface area contributed by atoms with E-state index in [9.17, 15) is 0 Å². The molecule has 0 amide bonds. The van der Waals surface area contributed by atoms with Crippen LogP contribution in [0, 0.1) is 0 Å². The van der Waals surface area contributed by atoms with Crippen LogP contribution in [0.5, 0.6) is 0 Å². The van der Waals surface area contributed by atoms with Crippen LogP contribution in [0.15, 0.2) is 17.9 Å². The van der Waals surface area contributed by atoms with E-state index < -0.39 is 0 Å². The van der Waals surface area contributed by atoms with Crippen molar-refractivity contribution < 1.29 is 15.1 Å². The molecule has 0 nitrogen and oxygen atoms in total. The van der Waals surface area contributed by atoms with Crippen LogP contribution in [0.3, 0.4) is 0 Å². The molecule has 0 unspecified atom stereocenters. The van der Waals surface area contributed by atoms with Gasteiger partial charge >= 0.3 is 34.5 Å². The maximum atomic E-state index is 4.85. The average molecular weight is 717 g/mol. The number of allylic oxidation sites excluding steroid dienone is 1. The van der Waals surface area contributed by atoms with E-state index in [1.807, 2.05) is 13.8 Å². The molecule has 40 heavy (non-hydrogen) atoms. The van der Waals surface area contributed by atoms with Gasteiger partial charge in [-0.05, 0) is 130 Å². The van der Waals surface area contributed by atoms with Crippen molar-refractivity contribution in [1.82, 2.24) is 0 Å². The molecule has 6 saturated carbocycles. The average Bonchev–Trinajstić information content (AvgIpc) is 3.82. The zero-order chi connectivity index (χ0) is 28.6. The Bertz CT molecular complexity index is 562. The van der Waals surface area contributed by atoms with Gasteiger partial charge in [0.2, 0.25) is 0 Å². The summed E-state index contributed by atoms with van der Waals surface area (Å²) in [6, 6.07) is 0. The van der Waals surface area contributed by atoms with Gasteiger partial charge in [0.05, 0.1) is 0 Å². The van der Waals surface area contributed by atoms with E-state index in [1.54, 1.807) is 154 Å². The summed E-state index contributed by atoms with van der Waals surface area (Å²) in [6.07, 6.45) is 38.0. The molecule has 234 valence electrons. The fourth-order valence-corrected chi connectivity index (χ4v) is 18.3. The summed E-state index contributed by atoms with van der Waals surface area (Å²) in [5.41, 5.74) is 11.1. The fourth-order valence-electron chi connectivity index (χ4n) is 9.00. The van der Waals surface area contributed by atoms with Crippen LogP contribution in [-0.2, 0) is 15.1 Å². The molecule has 0 atom stereocenters. The van der Waals surface area contributed by atoms with Crippen LogP contribution in [0.1, 0.15) is 168 Å². The SMILES string of the molecule is C1CCC(P(C2CCCC2)C2CCCC2)C1.C1CCC(P(C2CCCC2)C2CCCC2)C1.C=C=C(C)C.[Cl][Ru][Cl]. The van der Waals surface area contributed by atoms with Crippen molar-refractivity contribution in [2.75, 3.05) is 0 Å². The molecule has 6 fully saturated rings. The Kier molecular flexibility index (Phi) is 19.2. The summed E-state index contributed by atoms with van der Waals surface area (Å²) < 4.78 is 0. The Morgan fingerprint density at radius 1 is 0.475 bits per heavy atom. The molecule has 0 aliphatic heterocycles. The molecule has 0 spiro atoms. The van der Waals surface area contributed by atoms with Crippen molar-refractivity contribution in [2.45, 2.75) is 202 Å². The first-order chi connectivity index (χ1) is 19.6. The molecule has 0 aromatic carbocycles. The van der Waals surface area contributed by atoms with Gasteiger partial charge in [-0.3, -0.25) is 0 Å². The van der Waals surface area contributed by atoms with Crippen molar-refractivity contribution >= 4 is 35.2 Å². The first-order valence-corrected chi connectivity index (χ1v) is 24.9. The van der Waals surface area contributed by atoms with Gasteiger partial charge in [-0.25, -0.2) is 0 Å². The third kappa shape index (κ3) is 12.2. The van der Waals surface area contributed by atoms with Gasteiger partial charge in [0.25, 0.3) is 0 Å². The molecule has 0 aromatic heterocycles. The van der Waals surface area contributed by atoms with Gasteiger partial charge in [-0.15, -0.1) is 5.73 Å². The van der Waals surface area contributed by atoms with E-state index >= 15 is 0 Å². The van der Waals surface area contributed by atoms with E-state index in [0.717, 1.165) is 5.57 Å². The molecule has 6 aliphatic rings. The van der Waals surface area contributed by atoms with Crippen molar-refractivity contribution in [2.24, 2.45) is 0 Å². The van der Waals surface area contributed by atoms with E-state index in [-0.39, 0.29) is 15.1 Å². The molecule has 6 aliphatic carbocycles. The first kappa shape index (κ1) is 36.1. The molecule has 6 rings (SSSR count). The topological polar surface area (TPSA) is 0 Å². The molecule has 0 N–H and O–H groups in total. The Morgan fingerprint density at radius 3 is 0.700 bits per heavy atom. The zero-order valence-electron chi connectivity index (χ0n) is 26.1. The van der Waals surface area contributed by atoms with E-state index in [1.165, 1.54) is 34.0 Å². The van der Waals surface area contributed by atoms with E-state index in [4.69, 9.17) is 19.4 Å². The second-order valence-corrected chi connectivity index (χ2v) is 22.6. The standard InChI is InChI=1S/2C15H27P.C5H8.2ClH.Ru/c2*1-2-8-13(7-1)16(14-9-3-4-10-14)15-11-5-6-12-15;1-4-5(2)3;;;/h2*13-15H,1-12H2;1H2,2-3H3;2*1H;/q;;;;;+2/p-2. The molecular formula is C35H62Cl2P2Ru. The summed E-state index contributed by atoms with van der Waals surface area (Å²) in [5.74, 6) is 0.